The smallest absolute Gasteiger partial charge is 0.124 e. The Morgan fingerprint density at radius 3 is 2.53 bits per heavy atom. The average Bonchev–Trinajstić information content (AvgIpc) is 3.04. The van der Waals surface area contributed by atoms with Gasteiger partial charge in [0.1, 0.15) is 5.82 Å². The van der Waals surface area contributed by atoms with Crippen molar-refractivity contribution in [2.24, 2.45) is 11.3 Å². The minimum Gasteiger partial charge on any atom is -0.314 e. The van der Waals surface area contributed by atoms with Crippen LogP contribution in [0.25, 0.3) is 0 Å². The zero-order chi connectivity index (χ0) is 14.0. The van der Waals surface area contributed by atoms with Crippen LogP contribution in [0.4, 0.5) is 4.39 Å². The summed E-state index contributed by atoms with van der Waals surface area (Å²) in [6.07, 6.45) is 3.53. The Morgan fingerprint density at radius 1 is 1.32 bits per heavy atom. The van der Waals surface area contributed by atoms with Gasteiger partial charge in [-0.3, -0.25) is 0 Å². The standard InChI is InChI=1S/C16H23BrFN/c1-16(2,3)12(10-19-15-4-5-15)6-11-7-13(17)9-14(18)8-11/h7-9,12,15,19H,4-6,10H2,1-3H3. The van der Waals surface area contributed by atoms with E-state index in [4.69, 9.17) is 0 Å². The van der Waals surface area contributed by atoms with Gasteiger partial charge in [0.15, 0.2) is 0 Å². The molecular formula is C16H23BrFN. The Kier molecular flexibility index (Phi) is 4.67. The van der Waals surface area contributed by atoms with Crippen LogP contribution in [0.15, 0.2) is 22.7 Å². The summed E-state index contributed by atoms with van der Waals surface area (Å²) in [5, 5.41) is 3.61. The monoisotopic (exact) mass is 327 g/mol. The molecule has 1 aromatic rings. The second-order valence-electron chi connectivity index (χ2n) is 6.73. The molecule has 1 aliphatic carbocycles. The van der Waals surface area contributed by atoms with Gasteiger partial charge in [0, 0.05) is 10.5 Å². The first-order chi connectivity index (χ1) is 8.84. The van der Waals surface area contributed by atoms with Crippen LogP contribution in [0, 0.1) is 17.2 Å². The Bertz CT molecular complexity index is 415. The fourth-order valence-corrected chi connectivity index (χ4v) is 2.81. The van der Waals surface area contributed by atoms with E-state index in [0.717, 1.165) is 29.0 Å². The van der Waals surface area contributed by atoms with Crippen LogP contribution in [0.5, 0.6) is 0 Å². The van der Waals surface area contributed by atoms with Crippen molar-refractivity contribution in [3.05, 3.63) is 34.1 Å². The minimum atomic E-state index is -0.160. The number of hydrogen-bond acceptors (Lipinski definition) is 1. The average molecular weight is 328 g/mol. The van der Waals surface area contributed by atoms with Crippen LogP contribution in [0.3, 0.4) is 0 Å². The van der Waals surface area contributed by atoms with E-state index in [9.17, 15) is 4.39 Å². The van der Waals surface area contributed by atoms with Gasteiger partial charge in [-0.05, 0) is 60.9 Å². The number of halogens is 2. The SMILES string of the molecule is CC(C)(C)C(CNC1CC1)Cc1cc(F)cc(Br)c1. The molecule has 0 saturated heterocycles. The number of rotatable bonds is 5. The highest BCUT2D eigenvalue weighted by molar-refractivity contribution is 9.10. The lowest BCUT2D eigenvalue weighted by Gasteiger charge is -2.31. The molecule has 0 aliphatic heterocycles. The number of hydrogen-bond donors (Lipinski definition) is 1. The van der Waals surface area contributed by atoms with Gasteiger partial charge in [-0.2, -0.15) is 0 Å². The van der Waals surface area contributed by atoms with Crippen molar-refractivity contribution in [1.29, 1.82) is 0 Å². The Labute approximate surface area is 124 Å². The fraction of sp³-hybridized carbons (Fsp3) is 0.625. The number of benzene rings is 1. The van der Waals surface area contributed by atoms with Crippen molar-refractivity contribution >= 4 is 15.9 Å². The molecule has 1 fully saturated rings. The summed E-state index contributed by atoms with van der Waals surface area (Å²) in [7, 11) is 0. The maximum atomic E-state index is 13.5. The van der Waals surface area contributed by atoms with E-state index >= 15 is 0 Å². The van der Waals surface area contributed by atoms with Crippen molar-refractivity contribution in [1.82, 2.24) is 5.32 Å². The summed E-state index contributed by atoms with van der Waals surface area (Å²) in [5.41, 5.74) is 1.30. The molecule has 19 heavy (non-hydrogen) atoms. The molecule has 1 atom stereocenters. The molecule has 106 valence electrons. The van der Waals surface area contributed by atoms with Crippen molar-refractivity contribution in [3.8, 4) is 0 Å². The predicted molar refractivity (Wildman–Crippen MR) is 81.8 cm³/mol. The molecule has 2 rings (SSSR count). The molecule has 1 unspecified atom stereocenters. The van der Waals surface area contributed by atoms with Crippen LogP contribution in [0.1, 0.15) is 39.2 Å². The minimum absolute atomic E-state index is 0.160. The first-order valence-corrected chi connectivity index (χ1v) is 7.82. The van der Waals surface area contributed by atoms with Crippen LogP contribution in [-0.2, 0) is 6.42 Å². The molecule has 1 nitrogen and oxygen atoms in total. The quantitative estimate of drug-likeness (QED) is 0.836. The molecule has 0 radical (unpaired) electrons. The maximum Gasteiger partial charge on any atom is 0.124 e. The highest BCUT2D eigenvalue weighted by Crippen LogP contribution is 2.31. The zero-order valence-electron chi connectivity index (χ0n) is 12.0. The predicted octanol–water partition coefficient (Wildman–Crippen LogP) is 4.55. The third-order valence-corrected chi connectivity index (χ3v) is 4.32. The maximum absolute atomic E-state index is 13.5. The lowest BCUT2D eigenvalue weighted by Crippen LogP contribution is -2.34. The molecular weight excluding hydrogens is 305 g/mol. The summed E-state index contributed by atoms with van der Waals surface area (Å²) >= 11 is 3.37. The van der Waals surface area contributed by atoms with E-state index in [1.54, 1.807) is 6.07 Å². The molecule has 3 heteroatoms. The lowest BCUT2D eigenvalue weighted by atomic mass is 9.77. The van der Waals surface area contributed by atoms with Crippen LogP contribution >= 0.6 is 15.9 Å². The zero-order valence-corrected chi connectivity index (χ0v) is 13.6. The van der Waals surface area contributed by atoms with Crippen LogP contribution in [-0.4, -0.2) is 12.6 Å². The van der Waals surface area contributed by atoms with Crippen molar-refractivity contribution in [3.63, 3.8) is 0 Å². The Morgan fingerprint density at radius 2 is 2.00 bits per heavy atom. The van der Waals surface area contributed by atoms with Gasteiger partial charge in [-0.1, -0.05) is 36.7 Å². The molecule has 0 spiro atoms. The molecule has 0 heterocycles. The van der Waals surface area contributed by atoms with E-state index in [2.05, 4.69) is 42.0 Å². The third-order valence-electron chi connectivity index (χ3n) is 3.86. The third kappa shape index (κ3) is 4.88. The number of nitrogens with one attached hydrogen (secondary N) is 1. The molecule has 1 aliphatic rings. The molecule has 0 bridgehead atoms. The lowest BCUT2D eigenvalue weighted by molar-refractivity contribution is 0.230. The molecule has 1 aromatic carbocycles. The second kappa shape index (κ2) is 5.92. The van der Waals surface area contributed by atoms with E-state index in [0.29, 0.717) is 5.92 Å². The van der Waals surface area contributed by atoms with E-state index in [-0.39, 0.29) is 11.2 Å². The van der Waals surface area contributed by atoms with Gasteiger partial charge in [-0.25, -0.2) is 4.39 Å². The largest absolute Gasteiger partial charge is 0.314 e. The highest BCUT2D eigenvalue weighted by atomic mass is 79.9. The van der Waals surface area contributed by atoms with E-state index in [1.807, 2.05) is 6.07 Å². The second-order valence-corrected chi connectivity index (χ2v) is 7.64. The topological polar surface area (TPSA) is 12.0 Å². The Hall–Kier alpha value is -0.410. The van der Waals surface area contributed by atoms with Crippen molar-refractivity contribution in [2.75, 3.05) is 6.54 Å². The van der Waals surface area contributed by atoms with Gasteiger partial charge in [-0.15, -0.1) is 0 Å². The van der Waals surface area contributed by atoms with Crippen LogP contribution < -0.4 is 5.32 Å². The highest BCUT2D eigenvalue weighted by Gasteiger charge is 2.28. The van der Waals surface area contributed by atoms with Crippen molar-refractivity contribution < 1.29 is 4.39 Å². The molecule has 0 aromatic heterocycles. The van der Waals surface area contributed by atoms with Crippen molar-refractivity contribution in [2.45, 2.75) is 46.1 Å². The van der Waals surface area contributed by atoms with Gasteiger partial charge in [0.05, 0.1) is 0 Å². The molecule has 1 saturated carbocycles. The summed E-state index contributed by atoms with van der Waals surface area (Å²) in [4.78, 5) is 0. The van der Waals surface area contributed by atoms with Gasteiger partial charge in [0.25, 0.3) is 0 Å². The summed E-state index contributed by atoms with van der Waals surface area (Å²) in [6.45, 7) is 7.81. The van der Waals surface area contributed by atoms with Gasteiger partial charge < -0.3 is 5.32 Å². The normalized spacial score (nSPS) is 17.5. The molecule has 0 amide bonds. The summed E-state index contributed by atoms with van der Waals surface area (Å²) in [5.74, 6) is 0.356. The first-order valence-electron chi connectivity index (χ1n) is 7.03. The summed E-state index contributed by atoms with van der Waals surface area (Å²) in [6, 6.07) is 5.92. The first kappa shape index (κ1) is 15.0. The summed E-state index contributed by atoms with van der Waals surface area (Å²) < 4.78 is 14.3. The van der Waals surface area contributed by atoms with E-state index < -0.39 is 0 Å². The molecule has 1 N–H and O–H groups in total. The van der Waals surface area contributed by atoms with E-state index in [1.165, 1.54) is 18.9 Å². The fourth-order valence-electron chi connectivity index (χ4n) is 2.29. The Balaban J connectivity index is 2.04. The van der Waals surface area contributed by atoms with Gasteiger partial charge >= 0.3 is 0 Å². The van der Waals surface area contributed by atoms with Gasteiger partial charge in [0.2, 0.25) is 0 Å². The van der Waals surface area contributed by atoms with Crippen LogP contribution in [0.2, 0.25) is 0 Å².